The fourth-order valence-electron chi connectivity index (χ4n) is 2.55. The number of rotatable bonds is 8. The summed E-state index contributed by atoms with van der Waals surface area (Å²) < 4.78 is 11.3. The Labute approximate surface area is 147 Å². The quantitative estimate of drug-likeness (QED) is 0.615. The third-order valence-corrected chi connectivity index (χ3v) is 3.92. The number of pyridine rings is 1. The lowest BCUT2D eigenvalue weighted by Crippen LogP contribution is -2.09. The lowest BCUT2D eigenvalue weighted by Gasteiger charge is -2.13. The molecule has 130 valence electrons. The maximum Gasteiger partial charge on any atom is 0.132 e. The molecule has 0 aliphatic carbocycles. The molecular formula is C20H23N3O2. The summed E-state index contributed by atoms with van der Waals surface area (Å²) in [6, 6.07) is 17.8. The number of benzene rings is 2. The molecule has 0 aliphatic heterocycles. The largest absolute Gasteiger partial charge is 0.497 e. The van der Waals surface area contributed by atoms with Crippen LogP contribution in [0.15, 0.2) is 54.6 Å². The van der Waals surface area contributed by atoms with Crippen molar-refractivity contribution in [3.8, 4) is 11.5 Å². The van der Waals surface area contributed by atoms with E-state index in [4.69, 9.17) is 15.2 Å². The van der Waals surface area contributed by atoms with Crippen LogP contribution < -0.4 is 20.5 Å². The second-order valence-electron chi connectivity index (χ2n) is 5.73. The van der Waals surface area contributed by atoms with Gasteiger partial charge in [0.05, 0.1) is 12.6 Å². The van der Waals surface area contributed by atoms with Crippen molar-refractivity contribution in [2.45, 2.75) is 13.0 Å². The van der Waals surface area contributed by atoms with Crippen LogP contribution in [-0.4, -0.2) is 25.2 Å². The lowest BCUT2D eigenvalue weighted by molar-refractivity contribution is 0.309. The van der Waals surface area contributed by atoms with Crippen LogP contribution in [0.3, 0.4) is 0 Å². The van der Waals surface area contributed by atoms with Gasteiger partial charge in [0.2, 0.25) is 0 Å². The number of para-hydroxylation sites is 1. The van der Waals surface area contributed by atoms with Crippen LogP contribution in [0.1, 0.15) is 12.0 Å². The van der Waals surface area contributed by atoms with Gasteiger partial charge in [0.1, 0.15) is 23.9 Å². The second kappa shape index (κ2) is 8.35. The van der Waals surface area contributed by atoms with Gasteiger partial charge in [-0.3, -0.25) is 0 Å². The van der Waals surface area contributed by atoms with Crippen LogP contribution in [0.2, 0.25) is 0 Å². The molecule has 1 heterocycles. The molecule has 0 aliphatic rings. The molecule has 3 N–H and O–H groups in total. The Morgan fingerprint density at radius 3 is 2.64 bits per heavy atom. The molecule has 0 fully saturated rings. The summed E-state index contributed by atoms with van der Waals surface area (Å²) in [7, 11) is 1.66. The second-order valence-corrected chi connectivity index (χ2v) is 5.73. The van der Waals surface area contributed by atoms with Crippen molar-refractivity contribution in [2.75, 3.05) is 25.5 Å². The first-order valence-electron chi connectivity index (χ1n) is 8.39. The topological polar surface area (TPSA) is 69.4 Å². The number of fused-ring (bicyclic) bond motifs is 1. The summed E-state index contributed by atoms with van der Waals surface area (Å²) in [4.78, 5) is 4.64. The summed E-state index contributed by atoms with van der Waals surface area (Å²) in [6.07, 6.45) is 0.899. The van der Waals surface area contributed by atoms with E-state index in [0.717, 1.165) is 46.7 Å². The number of nitrogens with zero attached hydrogens (tertiary/aromatic N) is 1. The average molecular weight is 337 g/mol. The summed E-state index contributed by atoms with van der Waals surface area (Å²) in [5.41, 5.74) is 7.54. The highest BCUT2D eigenvalue weighted by Gasteiger charge is 2.07. The predicted octanol–water partition coefficient (Wildman–Crippen LogP) is 3.58. The molecular weight excluding hydrogens is 314 g/mol. The minimum atomic E-state index is 0.486. The first kappa shape index (κ1) is 17.0. The van der Waals surface area contributed by atoms with Gasteiger partial charge in [-0.1, -0.05) is 24.3 Å². The molecule has 5 heteroatoms. The summed E-state index contributed by atoms with van der Waals surface area (Å²) in [5, 5.41) is 4.30. The Bertz CT molecular complexity index is 819. The van der Waals surface area contributed by atoms with Gasteiger partial charge in [-0.15, -0.1) is 0 Å². The van der Waals surface area contributed by atoms with E-state index in [0.29, 0.717) is 13.2 Å². The van der Waals surface area contributed by atoms with Gasteiger partial charge in [-0.25, -0.2) is 4.98 Å². The maximum absolute atomic E-state index is 6.08. The monoisotopic (exact) mass is 337 g/mol. The number of hydrogen-bond acceptors (Lipinski definition) is 5. The molecule has 0 spiro atoms. The van der Waals surface area contributed by atoms with E-state index in [1.807, 2.05) is 54.6 Å². The SMILES string of the molecule is COc1ccc(COc2cc(NCCCN)nc3ccccc23)cc1. The zero-order valence-corrected chi connectivity index (χ0v) is 14.4. The highest BCUT2D eigenvalue weighted by molar-refractivity contribution is 5.86. The molecule has 1 aromatic heterocycles. The van der Waals surface area contributed by atoms with Gasteiger partial charge in [0, 0.05) is 18.0 Å². The van der Waals surface area contributed by atoms with E-state index in [2.05, 4.69) is 10.3 Å². The van der Waals surface area contributed by atoms with Gasteiger partial charge in [-0.05, 0) is 42.8 Å². The normalized spacial score (nSPS) is 10.6. The smallest absolute Gasteiger partial charge is 0.132 e. The van der Waals surface area contributed by atoms with Crippen molar-refractivity contribution in [1.82, 2.24) is 4.98 Å². The van der Waals surface area contributed by atoms with Crippen LogP contribution in [0.5, 0.6) is 11.5 Å². The highest BCUT2D eigenvalue weighted by Crippen LogP contribution is 2.28. The number of hydrogen-bond donors (Lipinski definition) is 2. The fraction of sp³-hybridized carbons (Fsp3) is 0.250. The molecule has 0 unspecified atom stereocenters. The van der Waals surface area contributed by atoms with E-state index in [-0.39, 0.29) is 0 Å². The van der Waals surface area contributed by atoms with Crippen LogP contribution in [-0.2, 0) is 6.61 Å². The Kier molecular flexibility index (Phi) is 5.69. The van der Waals surface area contributed by atoms with Crippen molar-refractivity contribution in [3.63, 3.8) is 0 Å². The minimum Gasteiger partial charge on any atom is -0.497 e. The molecule has 0 saturated carbocycles. The molecule has 0 atom stereocenters. The maximum atomic E-state index is 6.08. The molecule has 2 aromatic carbocycles. The van der Waals surface area contributed by atoms with Crippen LogP contribution in [0.25, 0.3) is 10.9 Å². The molecule has 3 aromatic rings. The molecule has 3 rings (SSSR count). The number of nitrogens with one attached hydrogen (secondary N) is 1. The predicted molar refractivity (Wildman–Crippen MR) is 101 cm³/mol. The van der Waals surface area contributed by atoms with Crippen LogP contribution in [0.4, 0.5) is 5.82 Å². The van der Waals surface area contributed by atoms with Gasteiger partial charge in [0.15, 0.2) is 0 Å². The summed E-state index contributed by atoms with van der Waals surface area (Å²) >= 11 is 0. The minimum absolute atomic E-state index is 0.486. The Morgan fingerprint density at radius 1 is 1.08 bits per heavy atom. The van der Waals surface area contributed by atoms with Crippen molar-refractivity contribution in [2.24, 2.45) is 5.73 Å². The van der Waals surface area contributed by atoms with Crippen molar-refractivity contribution < 1.29 is 9.47 Å². The van der Waals surface area contributed by atoms with Crippen molar-refractivity contribution in [1.29, 1.82) is 0 Å². The molecule has 0 radical (unpaired) electrons. The number of anilines is 1. The van der Waals surface area contributed by atoms with Crippen LogP contribution >= 0.6 is 0 Å². The van der Waals surface area contributed by atoms with Crippen molar-refractivity contribution in [3.05, 3.63) is 60.2 Å². The van der Waals surface area contributed by atoms with Crippen molar-refractivity contribution >= 4 is 16.7 Å². The molecule has 0 bridgehead atoms. The Hall–Kier alpha value is -2.79. The zero-order chi connectivity index (χ0) is 17.5. The van der Waals surface area contributed by atoms with Gasteiger partial charge in [0.25, 0.3) is 0 Å². The van der Waals surface area contributed by atoms with Gasteiger partial charge >= 0.3 is 0 Å². The first-order chi connectivity index (χ1) is 12.3. The number of nitrogens with two attached hydrogens (primary N) is 1. The lowest BCUT2D eigenvalue weighted by atomic mass is 10.2. The van der Waals surface area contributed by atoms with Crippen LogP contribution in [0, 0.1) is 0 Å². The van der Waals surface area contributed by atoms with Gasteiger partial charge in [-0.2, -0.15) is 0 Å². The average Bonchev–Trinajstić information content (AvgIpc) is 2.66. The van der Waals surface area contributed by atoms with E-state index < -0.39 is 0 Å². The Morgan fingerprint density at radius 2 is 1.88 bits per heavy atom. The first-order valence-corrected chi connectivity index (χ1v) is 8.39. The highest BCUT2D eigenvalue weighted by atomic mass is 16.5. The molecule has 0 amide bonds. The number of aromatic nitrogens is 1. The molecule has 5 nitrogen and oxygen atoms in total. The van der Waals surface area contributed by atoms with E-state index in [1.165, 1.54) is 0 Å². The van der Waals surface area contributed by atoms with E-state index in [9.17, 15) is 0 Å². The number of ether oxygens (including phenoxy) is 2. The standard InChI is InChI=1S/C20H23N3O2/c1-24-16-9-7-15(8-10-16)14-25-19-13-20(22-12-4-11-21)23-18-6-3-2-5-17(18)19/h2-3,5-10,13H,4,11-12,14,21H2,1H3,(H,22,23). The summed E-state index contributed by atoms with van der Waals surface area (Å²) in [5.74, 6) is 2.46. The fourth-order valence-corrected chi connectivity index (χ4v) is 2.55. The van der Waals surface area contributed by atoms with Gasteiger partial charge < -0.3 is 20.5 Å². The Balaban J connectivity index is 1.80. The number of methoxy groups -OCH3 is 1. The van der Waals surface area contributed by atoms with E-state index in [1.54, 1.807) is 7.11 Å². The zero-order valence-electron chi connectivity index (χ0n) is 14.4. The summed E-state index contributed by atoms with van der Waals surface area (Å²) in [6.45, 7) is 1.93. The van der Waals surface area contributed by atoms with E-state index >= 15 is 0 Å². The molecule has 25 heavy (non-hydrogen) atoms. The third kappa shape index (κ3) is 4.39. The third-order valence-electron chi connectivity index (χ3n) is 3.92. The molecule has 0 saturated heterocycles.